The number of carbonyl (C=O) groups excluding carboxylic acids is 2. The number of hydrogen-bond acceptors (Lipinski definition) is 6. The highest BCUT2D eigenvalue weighted by Gasteiger charge is 2.19. The summed E-state index contributed by atoms with van der Waals surface area (Å²) in [6, 6.07) is 11.2. The number of rotatable bonds is 7. The second-order valence-corrected chi connectivity index (χ2v) is 7.68. The molecular weight excluding hydrogens is 390 g/mol. The minimum Gasteiger partial charge on any atom is -0.469 e. The predicted molar refractivity (Wildman–Crippen MR) is 111 cm³/mol. The Hall–Kier alpha value is -3.07. The van der Waals surface area contributed by atoms with Crippen molar-refractivity contribution in [3.8, 4) is 11.4 Å². The number of urea groups is 1. The van der Waals surface area contributed by atoms with E-state index >= 15 is 0 Å². The Morgan fingerprint density at radius 1 is 1.17 bits per heavy atom. The summed E-state index contributed by atoms with van der Waals surface area (Å²) in [4.78, 5) is 23.8. The third-order valence-electron chi connectivity index (χ3n) is 4.01. The molecule has 2 heterocycles. The van der Waals surface area contributed by atoms with Crippen LogP contribution in [0, 0.1) is 6.92 Å². The molecule has 2 N–H and O–H groups in total. The van der Waals surface area contributed by atoms with Crippen LogP contribution in [-0.4, -0.2) is 38.5 Å². The topological polar surface area (TPSA) is 102 Å². The number of aryl methyl sites for hydroxylation is 1. The van der Waals surface area contributed by atoms with Gasteiger partial charge in [-0.2, -0.15) is 0 Å². The second kappa shape index (κ2) is 9.42. The van der Waals surface area contributed by atoms with Crippen molar-refractivity contribution in [2.45, 2.75) is 38.5 Å². The van der Waals surface area contributed by atoms with Crippen molar-refractivity contribution in [1.82, 2.24) is 25.4 Å². The summed E-state index contributed by atoms with van der Waals surface area (Å²) in [5.74, 6) is 1.05. The molecular formula is C20H23N5O3S. The molecule has 0 aliphatic carbocycles. The maximum Gasteiger partial charge on any atom is 0.321 e. The van der Waals surface area contributed by atoms with Crippen LogP contribution in [0.1, 0.15) is 25.2 Å². The SMILES string of the molecule is Cc1occc1-c1nnc(SCC(=O)NC(=O)NC(C)C)n1Cc1ccccc1. The van der Waals surface area contributed by atoms with Gasteiger partial charge in [0.05, 0.1) is 24.1 Å². The van der Waals surface area contributed by atoms with Crippen LogP contribution >= 0.6 is 11.8 Å². The summed E-state index contributed by atoms with van der Waals surface area (Å²) in [7, 11) is 0. The Balaban J connectivity index is 1.78. The Morgan fingerprint density at radius 2 is 1.93 bits per heavy atom. The van der Waals surface area contributed by atoms with Crippen molar-refractivity contribution in [1.29, 1.82) is 0 Å². The Morgan fingerprint density at radius 3 is 2.59 bits per heavy atom. The lowest BCUT2D eigenvalue weighted by atomic mass is 10.2. The molecule has 0 bridgehead atoms. The highest BCUT2D eigenvalue weighted by Crippen LogP contribution is 2.27. The van der Waals surface area contributed by atoms with Gasteiger partial charge in [0.2, 0.25) is 5.91 Å². The van der Waals surface area contributed by atoms with Crippen molar-refractivity contribution < 1.29 is 14.0 Å². The standard InChI is InChI=1S/C20H23N5O3S/c1-13(2)21-19(27)22-17(26)12-29-20-24-23-18(16-9-10-28-14(16)3)25(20)11-15-7-5-4-6-8-15/h4-10,13H,11-12H2,1-3H3,(H2,21,22,26,27). The van der Waals surface area contributed by atoms with E-state index in [1.807, 2.05) is 61.7 Å². The Bertz CT molecular complexity index is 981. The summed E-state index contributed by atoms with van der Waals surface area (Å²) in [6.45, 7) is 6.06. The van der Waals surface area contributed by atoms with Gasteiger partial charge in [-0.25, -0.2) is 4.79 Å². The molecule has 0 aliphatic rings. The summed E-state index contributed by atoms with van der Waals surface area (Å²) in [5, 5.41) is 14.1. The first-order chi connectivity index (χ1) is 13.9. The molecule has 8 nitrogen and oxygen atoms in total. The average Bonchev–Trinajstić information content (AvgIpc) is 3.26. The zero-order chi connectivity index (χ0) is 20.8. The molecule has 0 radical (unpaired) electrons. The first-order valence-electron chi connectivity index (χ1n) is 9.18. The van der Waals surface area contributed by atoms with Crippen LogP contribution in [0.2, 0.25) is 0 Å². The number of carbonyl (C=O) groups is 2. The van der Waals surface area contributed by atoms with E-state index in [2.05, 4.69) is 20.8 Å². The number of nitrogens with zero attached hydrogens (tertiary/aromatic N) is 3. The van der Waals surface area contributed by atoms with Crippen molar-refractivity contribution in [3.05, 3.63) is 54.0 Å². The zero-order valence-corrected chi connectivity index (χ0v) is 17.3. The summed E-state index contributed by atoms with van der Waals surface area (Å²) in [6.07, 6.45) is 1.61. The smallest absolute Gasteiger partial charge is 0.321 e. The van der Waals surface area contributed by atoms with E-state index in [-0.39, 0.29) is 11.8 Å². The first kappa shape index (κ1) is 20.7. The lowest BCUT2D eigenvalue weighted by molar-refractivity contribution is -0.117. The highest BCUT2D eigenvalue weighted by atomic mass is 32.2. The number of furan rings is 1. The van der Waals surface area contributed by atoms with E-state index in [4.69, 9.17) is 4.42 Å². The molecule has 9 heteroatoms. The fourth-order valence-electron chi connectivity index (χ4n) is 2.71. The van der Waals surface area contributed by atoms with E-state index < -0.39 is 11.9 Å². The molecule has 3 amide bonds. The third kappa shape index (κ3) is 5.47. The molecule has 0 aliphatic heterocycles. The van der Waals surface area contributed by atoms with Crippen molar-refractivity contribution in [3.63, 3.8) is 0 Å². The van der Waals surface area contributed by atoms with Crippen LogP contribution in [-0.2, 0) is 11.3 Å². The number of benzene rings is 1. The summed E-state index contributed by atoms with van der Waals surface area (Å²) in [5.41, 5.74) is 1.93. The van der Waals surface area contributed by atoms with Crippen molar-refractivity contribution >= 4 is 23.7 Å². The molecule has 0 unspecified atom stereocenters. The van der Waals surface area contributed by atoms with Gasteiger partial charge in [0, 0.05) is 6.04 Å². The molecule has 2 aromatic heterocycles. The third-order valence-corrected chi connectivity index (χ3v) is 4.97. The van der Waals surface area contributed by atoms with Gasteiger partial charge in [-0.15, -0.1) is 10.2 Å². The van der Waals surface area contributed by atoms with Gasteiger partial charge < -0.3 is 9.73 Å². The van der Waals surface area contributed by atoms with Crippen LogP contribution in [0.5, 0.6) is 0 Å². The number of amides is 3. The number of thioether (sulfide) groups is 1. The summed E-state index contributed by atoms with van der Waals surface area (Å²) >= 11 is 1.23. The van der Waals surface area contributed by atoms with Crippen LogP contribution in [0.15, 0.2) is 52.2 Å². The van der Waals surface area contributed by atoms with Crippen LogP contribution in [0.4, 0.5) is 4.79 Å². The number of hydrogen-bond donors (Lipinski definition) is 2. The fraction of sp³-hybridized carbons (Fsp3) is 0.300. The van der Waals surface area contributed by atoms with Gasteiger partial charge in [0.25, 0.3) is 0 Å². The molecule has 3 rings (SSSR count). The van der Waals surface area contributed by atoms with Gasteiger partial charge >= 0.3 is 6.03 Å². The molecule has 0 fully saturated rings. The van der Waals surface area contributed by atoms with E-state index in [0.717, 1.165) is 16.9 Å². The van der Waals surface area contributed by atoms with Crippen molar-refractivity contribution in [2.75, 3.05) is 5.75 Å². The monoisotopic (exact) mass is 413 g/mol. The minimum atomic E-state index is -0.508. The lowest BCUT2D eigenvalue weighted by Gasteiger charge is -2.11. The number of nitrogens with one attached hydrogen (secondary N) is 2. The molecule has 29 heavy (non-hydrogen) atoms. The molecule has 152 valence electrons. The minimum absolute atomic E-state index is 0.0445. The normalized spacial score (nSPS) is 10.9. The van der Waals surface area contributed by atoms with Gasteiger partial charge in [-0.3, -0.25) is 14.7 Å². The zero-order valence-electron chi connectivity index (χ0n) is 16.5. The Labute approximate surface area is 173 Å². The highest BCUT2D eigenvalue weighted by molar-refractivity contribution is 7.99. The largest absolute Gasteiger partial charge is 0.469 e. The molecule has 0 saturated heterocycles. The molecule has 0 spiro atoms. The van der Waals surface area contributed by atoms with Gasteiger partial charge in [0.1, 0.15) is 5.76 Å². The molecule has 1 aromatic carbocycles. The summed E-state index contributed by atoms with van der Waals surface area (Å²) < 4.78 is 7.35. The van der Waals surface area contributed by atoms with Crippen LogP contribution in [0.3, 0.4) is 0 Å². The van der Waals surface area contributed by atoms with Crippen LogP contribution < -0.4 is 10.6 Å². The lowest BCUT2D eigenvalue weighted by Crippen LogP contribution is -2.43. The Kier molecular flexibility index (Phi) is 6.71. The van der Waals surface area contributed by atoms with Crippen molar-refractivity contribution in [2.24, 2.45) is 0 Å². The van der Waals surface area contributed by atoms with Crippen LogP contribution in [0.25, 0.3) is 11.4 Å². The number of imide groups is 1. The molecule has 0 saturated carbocycles. The second-order valence-electron chi connectivity index (χ2n) is 6.73. The van der Waals surface area contributed by atoms with E-state index in [1.54, 1.807) is 6.26 Å². The maximum atomic E-state index is 12.1. The average molecular weight is 414 g/mol. The van der Waals surface area contributed by atoms with Gasteiger partial charge in [0.15, 0.2) is 11.0 Å². The molecule has 3 aromatic rings. The van der Waals surface area contributed by atoms with E-state index in [1.165, 1.54) is 11.8 Å². The van der Waals surface area contributed by atoms with Gasteiger partial charge in [-0.05, 0) is 32.4 Å². The van der Waals surface area contributed by atoms with Gasteiger partial charge in [-0.1, -0.05) is 42.1 Å². The number of aromatic nitrogens is 3. The first-order valence-corrected chi connectivity index (χ1v) is 10.2. The maximum absolute atomic E-state index is 12.1. The predicted octanol–water partition coefficient (Wildman–Crippen LogP) is 3.22. The van der Waals surface area contributed by atoms with E-state index in [9.17, 15) is 9.59 Å². The quantitative estimate of drug-likeness (QED) is 0.577. The van der Waals surface area contributed by atoms with E-state index in [0.29, 0.717) is 17.5 Å². The molecule has 0 atom stereocenters. The fourth-order valence-corrected chi connectivity index (χ4v) is 3.45.